The van der Waals surface area contributed by atoms with Crippen LogP contribution >= 0.6 is 23.5 Å². The van der Waals surface area contributed by atoms with Crippen LogP contribution in [0, 0.1) is 6.92 Å². The van der Waals surface area contributed by atoms with Gasteiger partial charge in [-0.2, -0.15) is 11.8 Å². The number of amides is 1. The topological polar surface area (TPSA) is 75.4 Å². The van der Waals surface area contributed by atoms with E-state index in [0.717, 1.165) is 74.8 Å². The average molecular weight is 482 g/mol. The van der Waals surface area contributed by atoms with Gasteiger partial charge in [-0.1, -0.05) is 19.8 Å². The van der Waals surface area contributed by atoms with E-state index in [2.05, 4.69) is 18.4 Å². The Morgan fingerprint density at radius 1 is 1.16 bits per heavy atom. The van der Waals surface area contributed by atoms with Crippen LogP contribution in [0.2, 0.25) is 0 Å². The molecule has 1 aromatic rings. The van der Waals surface area contributed by atoms with Gasteiger partial charge in [0, 0.05) is 48.0 Å². The van der Waals surface area contributed by atoms with Gasteiger partial charge in [0.1, 0.15) is 16.3 Å². The SMILES string of the molecule is CCCCCn1c(C2CCC(SC(C)(C)C(=O)O)CC2)nc(C(=O)N2CCSCC2)c1C. The molecule has 1 N–H and O–H groups in total. The van der Waals surface area contributed by atoms with Crippen molar-refractivity contribution in [2.45, 2.75) is 95.1 Å². The van der Waals surface area contributed by atoms with Gasteiger partial charge in [-0.25, -0.2) is 4.98 Å². The number of carbonyl (C=O) groups is 2. The maximum Gasteiger partial charge on any atom is 0.319 e. The molecule has 1 aliphatic carbocycles. The number of hydrogen-bond acceptors (Lipinski definition) is 5. The summed E-state index contributed by atoms with van der Waals surface area (Å²) in [7, 11) is 0. The van der Waals surface area contributed by atoms with E-state index >= 15 is 0 Å². The molecule has 1 saturated heterocycles. The normalized spacial score (nSPS) is 22.2. The minimum atomic E-state index is -0.751. The minimum Gasteiger partial charge on any atom is -0.480 e. The number of unbranched alkanes of at least 4 members (excludes halogenated alkanes) is 2. The first kappa shape index (κ1) is 25.5. The lowest BCUT2D eigenvalue weighted by atomic mass is 9.88. The van der Waals surface area contributed by atoms with Crippen LogP contribution in [0.4, 0.5) is 0 Å². The fraction of sp³-hybridized carbons (Fsp3) is 0.792. The van der Waals surface area contributed by atoms with Crippen LogP contribution in [0.3, 0.4) is 0 Å². The lowest BCUT2D eigenvalue weighted by molar-refractivity contribution is -0.138. The summed E-state index contributed by atoms with van der Waals surface area (Å²) >= 11 is 3.50. The van der Waals surface area contributed by atoms with Crippen molar-refractivity contribution in [2.75, 3.05) is 24.6 Å². The second-order valence-corrected chi connectivity index (χ2v) is 12.7. The highest BCUT2D eigenvalue weighted by atomic mass is 32.2. The van der Waals surface area contributed by atoms with E-state index in [9.17, 15) is 14.7 Å². The highest BCUT2D eigenvalue weighted by Gasteiger charge is 2.35. The molecular formula is C24H39N3O3S2. The molecule has 1 aromatic heterocycles. The third-order valence-corrected chi connectivity index (χ3v) is 9.26. The van der Waals surface area contributed by atoms with E-state index in [4.69, 9.17) is 4.98 Å². The fourth-order valence-corrected chi connectivity index (χ4v) is 7.04. The highest BCUT2D eigenvalue weighted by Crippen LogP contribution is 2.42. The first-order chi connectivity index (χ1) is 15.2. The smallest absolute Gasteiger partial charge is 0.319 e. The number of carboxylic acids is 1. The molecule has 32 heavy (non-hydrogen) atoms. The van der Waals surface area contributed by atoms with Crippen molar-refractivity contribution in [3.63, 3.8) is 0 Å². The van der Waals surface area contributed by atoms with Gasteiger partial charge in [0.25, 0.3) is 5.91 Å². The van der Waals surface area contributed by atoms with Crippen LogP contribution in [0.1, 0.15) is 93.6 Å². The zero-order valence-electron chi connectivity index (χ0n) is 20.1. The molecule has 0 aromatic carbocycles. The maximum absolute atomic E-state index is 13.3. The monoisotopic (exact) mass is 481 g/mol. The Labute approximate surface area is 201 Å². The summed E-state index contributed by atoms with van der Waals surface area (Å²) in [4.78, 5) is 31.7. The number of rotatable bonds is 9. The maximum atomic E-state index is 13.3. The minimum absolute atomic E-state index is 0.0886. The van der Waals surface area contributed by atoms with Gasteiger partial charge in [0.2, 0.25) is 0 Å². The van der Waals surface area contributed by atoms with Gasteiger partial charge in [-0.15, -0.1) is 11.8 Å². The Kier molecular flexibility index (Phi) is 9.01. The van der Waals surface area contributed by atoms with Crippen molar-refractivity contribution in [3.8, 4) is 0 Å². The molecule has 0 atom stereocenters. The molecule has 0 radical (unpaired) electrons. The van der Waals surface area contributed by atoms with Crippen LogP contribution in [0.5, 0.6) is 0 Å². The number of aliphatic carboxylic acids is 1. The van der Waals surface area contributed by atoms with Crippen molar-refractivity contribution < 1.29 is 14.7 Å². The third kappa shape index (κ3) is 6.04. The molecule has 1 saturated carbocycles. The average Bonchev–Trinajstić information content (AvgIpc) is 3.10. The molecular weight excluding hydrogens is 442 g/mol. The van der Waals surface area contributed by atoms with Crippen LogP contribution in [-0.4, -0.2) is 66.0 Å². The number of hydrogen-bond donors (Lipinski definition) is 1. The van der Waals surface area contributed by atoms with Crippen molar-refractivity contribution in [2.24, 2.45) is 0 Å². The zero-order chi connectivity index (χ0) is 23.3. The van der Waals surface area contributed by atoms with E-state index in [1.807, 2.05) is 16.7 Å². The lowest BCUT2D eigenvalue weighted by Gasteiger charge is -2.32. The molecule has 3 rings (SSSR count). The predicted molar refractivity (Wildman–Crippen MR) is 134 cm³/mol. The largest absolute Gasteiger partial charge is 0.480 e. The van der Waals surface area contributed by atoms with Crippen LogP contribution in [-0.2, 0) is 11.3 Å². The van der Waals surface area contributed by atoms with E-state index < -0.39 is 10.7 Å². The fourth-order valence-electron chi connectivity index (χ4n) is 4.69. The molecule has 0 spiro atoms. The summed E-state index contributed by atoms with van der Waals surface area (Å²) in [6, 6.07) is 0. The van der Waals surface area contributed by atoms with Crippen LogP contribution in [0.25, 0.3) is 0 Å². The summed E-state index contributed by atoms with van der Waals surface area (Å²) in [5.74, 6) is 2.77. The quantitative estimate of drug-likeness (QED) is 0.489. The Hall–Kier alpha value is -1.15. The van der Waals surface area contributed by atoms with Crippen molar-refractivity contribution in [1.29, 1.82) is 0 Å². The second-order valence-electron chi connectivity index (χ2n) is 9.57. The standard InChI is InChI=1S/C24H39N3O3S2/c1-5-6-7-12-27-17(2)20(22(28)26-13-15-31-16-14-26)25-21(27)18-8-10-19(11-9-18)32-24(3,4)23(29)30/h18-19H,5-16H2,1-4H3,(H,29,30). The number of thioether (sulfide) groups is 2. The van der Waals surface area contributed by atoms with Gasteiger partial charge in [-0.3, -0.25) is 9.59 Å². The van der Waals surface area contributed by atoms with Gasteiger partial charge >= 0.3 is 5.97 Å². The third-order valence-electron chi connectivity index (χ3n) is 6.75. The summed E-state index contributed by atoms with van der Waals surface area (Å²) in [5.41, 5.74) is 1.66. The van der Waals surface area contributed by atoms with E-state index in [0.29, 0.717) is 16.9 Å². The molecule has 0 unspecified atom stereocenters. The first-order valence-electron chi connectivity index (χ1n) is 12.1. The Balaban J connectivity index is 1.76. The molecule has 2 aliphatic rings. The van der Waals surface area contributed by atoms with Crippen molar-refractivity contribution in [1.82, 2.24) is 14.5 Å². The molecule has 6 nitrogen and oxygen atoms in total. The van der Waals surface area contributed by atoms with Gasteiger partial charge in [0.15, 0.2) is 0 Å². The van der Waals surface area contributed by atoms with Crippen LogP contribution < -0.4 is 0 Å². The van der Waals surface area contributed by atoms with Gasteiger partial charge in [-0.05, 0) is 52.9 Å². The van der Waals surface area contributed by atoms with Crippen molar-refractivity contribution in [3.05, 3.63) is 17.2 Å². The molecule has 1 aliphatic heterocycles. The number of carbonyl (C=O) groups excluding carboxylic acids is 1. The highest BCUT2D eigenvalue weighted by molar-refractivity contribution is 8.01. The predicted octanol–water partition coefficient (Wildman–Crippen LogP) is 5.19. The summed E-state index contributed by atoms with van der Waals surface area (Å²) < 4.78 is 1.57. The van der Waals surface area contributed by atoms with Gasteiger partial charge < -0.3 is 14.6 Å². The molecule has 0 bridgehead atoms. The van der Waals surface area contributed by atoms with E-state index in [-0.39, 0.29) is 5.91 Å². The summed E-state index contributed by atoms with van der Waals surface area (Å²) in [6.45, 7) is 10.4. The first-order valence-corrected chi connectivity index (χ1v) is 14.1. The lowest BCUT2D eigenvalue weighted by Crippen LogP contribution is -2.38. The summed E-state index contributed by atoms with van der Waals surface area (Å²) in [5, 5.41) is 9.83. The number of carboxylic acid groups (broad SMARTS) is 1. The van der Waals surface area contributed by atoms with Gasteiger partial charge in [0.05, 0.1) is 0 Å². The molecule has 180 valence electrons. The van der Waals surface area contributed by atoms with Crippen molar-refractivity contribution >= 4 is 35.4 Å². The molecule has 2 fully saturated rings. The molecule has 8 heteroatoms. The van der Waals surface area contributed by atoms with Crippen LogP contribution in [0.15, 0.2) is 0 Å². The number of imidazole rings is 1. The second kappa shape index (κ2) is 11.3. The Bertz CT molecular complexity index is 795. The molecule has 1 amide bonds. The van der Waals surface area contributed by atoms with E-state index in [1.165, 1.54) is 12.8 Å². The Morgan fingerprint density at radius 2 is 1.81 bits per heavy atom. The summed E-state index contributed by atoms with van der Waals surface area (Å²) in [6.07, 6.45) is 7.46. The van der Waals surface area contributed by atoms with E-state index in [1.54, 1.807) is 25.6 Å². The zero-order valence-corrected chi connectivity index (χ0v) is 21.7. The Morgan fingerprint density at radius 3 is 2.41 bits per heavy atom. The number of nitrogens with zero attached hydrogens (tertiary/aromatic N) is 3. The molecule has 2 heterocycles. The number of aromatic nitrogens is 2.